The molecule has 5 heteroatoms. The van der Waals surface area contributed by atoms with Gasteiger partial charge in [0.2, 0.25) is 0 Å². The highest BCUT2D eigenvalue weighted by atomic mass is 19.1. The smallest absolute Gasteiger partial charge is 0.254 e. The Hall–Kier alpha value is -1.62. The second kappa shape index (κ2) is 6.02. The first-order chi connectivity index (χ1) is 9.15. The summed E-state index contributed by atoms with van der Waals surface area (Å²) in [6.45, 7) is 2.42. The molecule has 19 heavy (non-hydrogen) atoms. The van der Waals surface area contributed by atoms with E-state index in [0.29, 0.717) is 11.5 Å². The Morgan fingerprint density at radius 2 is 2.37 bits per heavy atom. The van der Waals surface area contributed by atoms with Gasteiger partial charge in [-0.25, -0.2) is 4.39 Å². The molecule has 1 heterocycles. The first-order valence-corrected chi connectivity index (χ1v) is 6.43. The van der Waals surface area contributed by atoms with Crippen molar-refractivity contribution in [2.24, 2.45) is 5.92 Å². The lowest BCUT2D eigenvalue weighted by molar-refractivity contribution is 0.0786. The van der Waals surface area contributed by atoms with E-state index in [1.165, 1.54) is 25.3 Å². The molecular weight excluding hydrogens is 247 g/mol. The normalized spacial score (nSPS) is 18.7. The van der Waals surface area contributed by atoms with Gasteiger partial charge in [-0.2, -0.15) is 0 Å². The number of carbonyl (C=O) groups excluding carboxylic acids is 1. The van der Waals surface area contributed by atoms with Crippen LogP contribution in [0.25, 0.3) is 0 Å². The van der Waals surface area contributed by atoms with Gasteiger partial charge in [0.15, 0.2) is 11.6 Å². The Labute approximate surface area is 112 Å². The SMILES string of the molecule is CNCC1CCN(C(=O)c2ccc(F)c(OC)c2)C1. The minimum absolute atomic E-state index is 0.0584. The zero-order valence-electron chi connectivity index (χ0n) is 11.3. The number of hydrogen-bond donors (Lipinski definition) is 1. The highest BCUT2D eigenvalue weighted by Gasteiger charge is 2.26. The van der Waals surface area contributed by atoms with E-state index in [-0.39, 0.29) is 11.7 Å². The molecule has 1 aliphatic heterocycles. The summed E-state index contributed by atoms with van der Waals surface area (Å²) < 4.78 is 18.2. The van der Waals surface area contributed by atoms with Crippen molar-refractivity contribution >= 4 is 5.91 Å². The molecule has 0 saturated carbocycles. The van der Waals surface area contributed by atoms with Gasteiger partial charge in [-0.05, 0) is 44.1 Å². The van der Waals surface area contributed by atoms with Gasteiger partial charge < -0.3 is 15.0 Å². The van der Waals surface area contributed by atoms with Crippen molar-refractivity contribution in [3.05, 3.63) is 29.6 Å². The van der Waals surface area contributed by atoms with Crippen molar-refractivity contribution in [2.75, 3.05) is 33.8 Å². The van der Waals surface area contributed by atoms with Crippen LogP contribution in [0.3, 0.4) is 0 Å². The minimum atomic E-state index is -0.450. The van der Waals surface area contributed by atoms with Crippen molar-refractivity contribution in [1.29, 1.82) is 0 Å². The maximum absolute atomic E-state index is 13.3. The molecule has 1 atom stereocenters. The van der Waals surface area contributed by atoms with E-state index in [9.17, 15) is 9.18 Å². The lowest BCUT2D eigenvalue weighted by atomic mass is 10.1. The monoisotopic (exact) mass is 266 g/mol. The predicted octanol–water partition coefficient (Wildman–Crippen LogP) is 1.52. The number of amides is 1. The topological polar surface area (TPSA) is 41.6 Å². The zero-order chi connectivity index (χ0) is 13.8. The number of carbonyl (C=O) groups is 1. The molecule has 0 bridgehead atoms. The number of nitrogens with one attached hydrogen (secondary N) is 1. The summed E-state index contributed by atoms with van der Waals surface area (Å²) >= 11 is 0. The summed E-state index contributed by atoms with van der Waals surface area (Å²) in [5, 5.41) is 3.13. The highest BCUT2D eigenvalue weighted by Crippen LogP contribution is 2.22. The maximum Gasteiger partial charge on any atom is 0.254 e. The standard InChI is InChI=1S/C14H19FN2O2/c1-16-8-10-5-6-17(9-10)14(18)11-3-4-12(15)13(7-11)19-2/h3-4,7,10,16H,5-6,8-9H2,1-2H3. The Balaban J connectivity index is 2.08. The van der Waals surface area contributed by atoms with Crippen molar-refractivity contribution in [3.8, 4) is 5.75 Å². The summed E-state index contributed by atoms with van der Waals surface area (Å²) in [6.07, 6.45) is 1.00. The summed E-state index contributed by atoms with van der Waals surface area (Å²) in [6, 6.07) is 4.24. The Morgan fingerprint density at radius 1 is 1.58 bits per heavy atom. The van der Waals surface area contributed by atoms with Gasteiger partial charge in [-0.3, -0.25) is 4.79 Å². The third kappa shape index (κ3) is 3.04. The van der Waals surface area contributed by atoms with Crippen LogP contribution in [0.4, 0.5) is 4.39 Å². The number of methoxy groups -OCH3 is 1. The van der Waals surface area contributed by atoms with Crippen molar-refractivity contribution in [3.63, 3.8) is 0 Å². The largest absolute Gasteiger partial charge is 0.494 e. The highest BCUT2D eigenvalue weighted by molar-refractivity contribution is 5.94. The molecule has 4 nitrogen and oxygen atoms in total. The van der Waals surface area contributed by atoms with Crippen LogP contribution >= 0.6 is 0 Å². The Bertz CT molecular complexity index is 465. The summed E-state index contributed by atoms with van der Waals surface area (Å²) in [5.41, 5.74) is 0.475. The first kappa shape index (κ1) is 13.8. The third-order valence-corrected chi connectivity index (χ3v) is 3.46. The molecule has 1 N–H and O–H groups in total. The Morgan fingerprint density at radius 3 is 3.05 bits per heavy atom. The van der Waals surface area contributed by atoms with E-state index in [2.05, 4.69) is 5.32 Å². The molecule has 1 amide bonds. The van der Waals surface area contributed by atoms with Crippen molar-refractivity contribution in [1.82, 2.24) is 10.2 Å². The molecule has 1 aromatic rings. The molecule has 1 aliphatic rings. The molecule has 104 valence electrons. The fourth-order valence-corrected chi connectivity index (χ4v) is 2.45. The van der Waals surface area contributed by atoms with Crippen LogP contribution in [0.15, 0.2) is 18.2 Å². The van der Waals surface area contributed by atoms with E-state index in [1.807, 2.05) is 11.9 Å². The molecule has 1 aromatic carbocycles. The van der Waals surface area contributed by atoms with Gasteiger partial charge in [0.25, 0.3) is 5.91 Å². The lowest BCUT2D eigenvalue weighted by Crippen LogP contribution is -2.30. The van der Waals surface area contributed by atoms with E-state index in [4.69, 9.17) is 4.74 Å². The van der Waals surface area contributed by atoms with E-state index in [0.717, 1.165) is 26.1 Å². The van der Waals surface area contributed by atoms with Crippen LogP contribution in [0, 0.1) is 11.7 Å². The average Bonchev–Trinajstić information content (AvgIpc) is 2.87. The predicted molar refractivity (Wildman–Crippen MR) is 70.9 cm³/mol. The number of halogens is 1. The van der Waals surface area contributed by atoms with Gasteiger partial charge >= 0.3 is 0 Å². The molecule has 0 spiro atoms. The molecule has 2 rings (SSSR count). The first-order valence-electron chi connectivity index (χ1n) is 6.43. The lowest BCUT2D eigenvalue weighted by Gasteiger charge is -2.17. The van der Waals surface area contributed by atoms with Gasteiger partial charge in [0.1, 0.15) is 0 Å². The van der Waals surface area contributed by atoms with Crippen LogP contribution < -0.4 is 10.1 Å². The number of nitrogens with zero attached hydrogens (tertiary/aromatic N) is 1. The molecular formula is C14H19FN2O2. The molecule has 0 radical (unpaired) electrons. The average molecular weight is 266 g/mol. The zero-order valence-corrected chi connectivity index (χ0v) is 11.3. The number of likely N-dealkylation sites (tertiary alicyclic amines) is 1. The molecule has 1 unspecified atom stereocenters. The van der Waals surface area contributed by atoms with Gasteiger partial charge in [-0.15, -0.1) is 0 Å². The number of hydrogen-bond acceptors (Lipinski definition) is 3. The van der Waals surface area contributed by atoms with E-state index >= 15 is 0 Å². The minimum Gasteiger partial charge on any atom is -0.494 e. The quantitative estimate of drug-likeness (QED) is 0.898. The summed E-state index contributed by atoms with van der Waals surface area (Å²) in [7, 11) is 3.31. The van der Waals surface area contributed by atoms with Gasteiger partial charge in [0, 0.05) is 18.7 Å². The van der Waals surface area contributed by atoms with Crippen LogP contribution in [-0.4, -0.2) is 44.6 Å². The van der Waals surface area contributed by atoms with Gasteiger partial charge in [0.05, 0.1) is 7.11 Å². The molecule has 1 saturated heterocycles. The van der Waals surface area contributed by atoms with Crippen LogP contribution in [-0.2, 0) is 0 Å². The van der Waals surface area contributed by atoms with E-state index in [1.54, 1.807) is 0 Å². The van der Waals surface area contributed by atoms with Crippen LogP contribution in [0.1, 0.15) is 16.8 Å². The maximum atomic E-state index is 13.3. The third-order valence-electron chi connectivity index (χ3n) is 3.46. The van der Waals surface area contributed by atoms with Crippen LogP contribution in [0.5, 0.6) is 5.75 Å². The molecule has 0 aliphatic carbocycles. The van der Waals surface area contributed by atoms with Crippen molar-refractivity contribution < 1.29 is 13.9 Å². The van der Waals surface area contributed by atoms with E-state index < -0.39 is 5.82 Å². The Kier molecular flexibility index (Phi) is 4.37. The molecule has 1 fully saturated rings. The number of benzene rings is 1. The fourth-order valence-electron chi connectivity index (χ4n) is 2.45. The fraction of sp³-hybridized carbons (Fsp3) is 0.500. The number of ether oxygens (including phenoxy) is 1. The summed E-state index contributed by atoms with van der Waals surface area (Å²) in [4.78, 5) is 14.1. The van der Waals surface area contributed by atoms with Crippen molar-refractivity contribution in [2.45, 2.75) is 6.42 Å². The number of rotatable bonds is 4. The second-order valence-electron chi connectivity index (χ2n) is 4.81. The molecule has 0 aromatic heterocycles. The van der Waals surface area contributed by atoms with Crippen LogP contribution in [0.2, 0.25) is 0 Å². The second-order valence-corrected chi connectivity index (χ2v) is 4.81. The summed E-state index contributed by atoms with van der Waals surface area (Å²) in [5.74, 6) is 0.0959. The van der Waals surface area contributed by atoms with Gasteiger partial charge in [-0.1, -0.05) is 0 Å².